The van der Waals surface area contributed by atoms with Gasteiger partial charge in [-0.25, -0.2) is 0 Å². The molecule has 1 aliphatic heterocycles. The van der Waals surface area contributed by atoms with Gasteiger partial charge in [0.2, 0.25) is 0 Å². The monoisotopic (exact) mass is 293 g/mol. The Hall–Kier alpha value is -1.59. The third-order valence-corrected chi connectivity index (χ3v) is 3.58. The van der Waals surface area contributed by atoms with Gasteiger partial charge in [-0.2, -0.15) is 0 Å². The summed E-state index contributed by atoms with van der Waals surface area (Å²) < 4.78 is 16.3. The highest BCUT2D eigenvalue weighted by Crippen LogP contribution is 2.26. The number of carbonyl (C=O) groups is 1. The first-order chi connectivity index (χ1) is 10.2. The second-order valence-electron chi connectivity index (χ2n) is 4.94. The van der Waals surface area contributed by atoms with Crippen molar-refractivity contribution >= 4 is 5.78 Å². The molecule has 0 radical (unpaired) electrons. The minimum atomic E-state index is 0.0824. The smallest absolute Gasteiger partial charge is 0.166 e. The maximum Gasteiger partial charge on any atom is 0.166 e. The molecule has 5 heteroatoms. The number of benzene rings is 1. The van der Waals surface area contributed by atoms with E-state index in [-0.39, 0.29) is 5.78 Å². The van der Waals surface area contributed by atoms with Crippen molar-refractivity contribution in [1.82, 2.24) is 4.90 Å². The molecule has 0 aromatic heterocycles. The quantitative estimate of drug-likeness (QED) is 0.720. The van der Waals surface area contributed by atoms with Gasteiger partial charge in [0, 0.05) is 32.1 Å². The molecule has 0 saturated carbocycles. The lowest BCUT2D eigenvalue weighted by Gasteiger charge is -2.26. The zero-order chi connectivity index (χ0) is 15.1. The number of methoxy groups -OCH3 is 1. The number of hydrogen-bond donors (Lipinski definition) is 0. The molecule has 1 aliphatic rings. The molecule has 0 unspecified atom stereocenters. The van der Waals surface area contributed by atoms with E-state index in [1.165, 1.54) is 0 Å². The first-order valence-corrected chi connectivity index (χ1v) is 7.38. The van der Waals surface area contributed by atoms with Crippen LogP contribution in [0.2, 0.25) is 0 Å². The molecule has 1 saturated heterocycles. The summed E-state index contributed by atoms with van der Waals surface area (Å²) in [4.78, 5) is 14.2. The molecule has 5 nitrogen and oxygen atoms in total. The van der Waals surface area contributed by atoms with Crippen LogP contribution < -0.4 is 9.47 Å². The summed E-state index contributed by atoms with van der Waals surface area (Å²) >= 11 is 0. The van der Waals surface area contributed by atoms with Crippen molar-refractivity contribution in [2.75, 3.05) is 46.6 Å². The molecule has 2 rings (SSSR count). The van der Waals surface area contributed by atoms with E-state index in [2.05, 4.69) is 4.90 Å². The molecule has 1 aromatic rings. The Balaban J connectivity index is 1.97. The lowest BCUT2D eigenvalue weighted by atomic mass is 10.1. The van der Waals surface area contributed by atoms with Crippen LogP contribution in [0.5, 0.6) is 11.5 Å². The Morgan fingerprint density at radius 1 is 1.33 bits per heavy atom. The molecule has 0 amide bonds. The second-order valence-corrected chi connectivity index (χ2v) is 4.94. The first-order valence-electron chi connectivity index (χ1n) is 7.38. The van der Waals surface area contributed by atoms with Crippen molar-refractivity contribution in [2.45, 2.75) is 13.3 Å². The van der Waals surface area contributed by atoms with Gasteiger partial charge in [0.15, 0.2) is 5.78 Å². The van der Waals surface area contributed by atoms with E-state index < -0.39 is 0 Å². The summed E-state index contributed by atoms with van der Waals surface area (Å²) in [6.45, 7) is 6.66. The molecule has 1 heterocycles. The molecular formula is C16H23NO4. The Bertz CT molecular complexity index is 469. The number of ketones is 1. The summed E-state index contributed by atoms with van der Waals surface area (Å²) in [7, 11) is 1.61. The number of ether oxygens (including phenoxy) is 3. The van der Waals surface area contributed by atoms with Crippen molar-refractivity contribution in [3.05, 3.63) is 23.8 Å². The van der Waals surface area contributed by atoms with Gasteiger partial charge in [-0.05, 0) is 12.1 Å². The molecule has 21 heavy (non-hydrogen) atoms. The van der Waals surface area contributed by atoms with Gasteiger partial charge < -0.3 is 14.2 Å². The molecule has 0 aliphatic carbocycles. The van der Waals surface area contributed by atoms with Crippen LogP contribution in [-0.4, -0.2) is 57.2 Å². The maximum atomic E-state index is 12.0. The van der Waals surface area contributed by atoms with Gasteiger partial charge in [-0.1, -0.05) is 6.92 Å². The largest absolute Gasteiger partial charge is 0.497 e. The van der Waals surface area contributed by atoms with E-state index in [0.29, 0.717) is 30.1 Å². The SMILES string of the molecule is CCC(=O)c1ccc(OC)cc1OCCN1CCOCC1. The minimum Gasteiger partial charge on any atom is -0.497 e. The highest BCUT2D eigenvalue weighted by atomic mass is 16.5. The molecule has 0 atom stereocenters. The highest BCUT2D eigenvalue weighted by Gasteiger charge is 2.14. The van der Waals surface area contributed by atoms with Crippen LogP contribution in [-0.2, 0) is 4.74 Å². The summed E-state index contributed by atoms with van der Waals surface area (Å²) in [5.41, 5.74) is 0.625. The molecule has 1 fully saturated rings. The summed E-state index contributed by atoms with van der Waals surface area (Å²) in [5, 5.41) is 0. The zero-order valence-electron chi connectivity index (χ0n) is 12.8. The van der Waals surface area contributed by atoms with Gasteiger partial charge in [0.1, 0.15) is 18.1 Å². The lowest BCUT2D eigenvalue weighted by molar-refractivity contribution is 0.0322. The standard InChI is InChI=1S/C16H23NO4/c1-3-15(18)14-5-4-13(19-2)12-16(14)21-11-8-17-6-9-20-10-7-17/h4-5,12H,3,6-11H2,1-2H3. The van der Waals surface area contributed by atoms with Crippen molar-refractivity contribution in [2.24, 2.45) is 0 Å². The van der Waals surface area contributed by atoms with E-state index in [1.54, 1.807) is 25.3 Å². The van der Waals surface area contributed by atoms with Crippen molar-refractivity contribution in [1.29, 1.82) is 0 Å². The number of carbonyl (C=O) groups excluding carboxylic acids is 1. The van der Waals surface area contributed by atoms with Gasteiger partial charge in [0.25, 0.3) is 0 Å². The molecule has 1 aromatic carbocycles. The van der Waals surface area contributed by atoms with Gasteiger partial charge >= 0.3 is 0 Å². The fourth-order valence-electron chi connectivity index (χ4n) is 2.28. The van der Waals surface area contributed by atoms with Crippen molar-refractivity contribution in [3.63, 3.8) is 0 Å². The van der Waals surface area contributed by atoms with Crippen LogP contribution in [0.25, 0.3) is 0 Å². The van der Waals surface area contributed by atoms with Crippen molar-refractivity contribution < 1.29 is 19.0 Å². The Morgan fingerprint density at radius 2 is 2.10 bits per heavy atom. The fraction of sp³-hybridized carbons (Fsp3) is 0.562. The van der Waals surface area contributed by atoms with Crippen LogP contribution in [0.1, 0.15) is 23.7 Å². The number of rotatable bonds is 7. The molecule has 0 bridgehead atoms. The molecular weight excluding hydrogens is 270 g/mol. The third kappa shape index (κ3) is 4.44. The summed E-state index contributed by atoms with van der Waals surface area (Å²) in [6, 6.07) is 5.34. The zero-order valence-corrected chi connectivity index (χ0v) is 12.8. The van der Waals surface area contributed by atoms with E-state index in [4.69, 9.17) is 14.2 Å². The van der Waals surface area contributed by atoms with Gasteiger partial charge in [0.05, 0.1) is 25.9 Å². The molecule has 116 valence electrons. The molecule has 0 N–H and O–H groups in total. The van der Waals surface area contributed by atoms with E-state index in [9.17, 15) is 4.79 Å². The summed E-state index contributed by atoms with van der Waals surface area (Å²) in [6.07, 6.45) is 0.464. The number of hydrogen-bond acceptors (Lipinski definition) is 5. The normalized spacial score (nSPS) is 15.7. The Labute approximate surface area is 125 Å². The highest BCUT2D eigenvalue weighted by molar-refractivity contribution is 5.98. The van der Waals surface area contributed by atoms with E-state index >= 15 is 0 Å². The number of Topliss-reactive ketones (excluding diaryl/α,β-unsaturated/α-hetero) is 1. The van der Waals surface area contributed by atoms with Crippen LogP contribution in [0.3, 0.4) is 0 Å². The van der Waals surface area contributed by atoms with Crippen molar-refractivity contribution in [3.8, 4) is 11.5 Å². The fourth-order valence-corrected chi connectivity index (χ4v) is 2.28. The van der Waals surface area contributed by atoms with Crippen LogP contribution in [0.4, 0.5) is 0 Å². The Morgan fingerprint density at radius 3 is 2.76 bits per heavy atom. The number of morpholine rings is 1. The maximum absolute atomic E-state index is 12.0. The number of nitrogens with zero attached hydrogens (tertiary/aromatic N) is 1. The predicted octanol–water partition coefficient (Wildman–Crippen LogP) is 2.00. The van der Waals surface area contributed by atoms with Gasteiger partial charge in [-0.15, -0.1) is 0 Å². The average Bonchev–Trinajstić information content (AvgIpc) is 2.55. The Kier molecular flexibility index (Phi) is 6.02. The van der Waals surface area contributed by atoms with Gasteiger partial charge in [-0.3, -0.25) is 9.69 Å². The van der Waals surface area contributed by atoms with Crippen LogP contribution in [0.15, 0.2) is 18.2 Å². The van der Waals surface area contributed by atoms with E-state index in [0.717, 1.165) is 32.8 Å². The molecule has 0 spiro atoms. The average molecular weight is 293 g/mol. The van der Waals surface area contributed by atoms with Crippen LogP contribution in [0, 0.1) is 0 Å². The lowest BCUT2D eigenvalue weighted by Crippen LogP contribution is -2.38. The minimum absolute atomic E-state index is 0.0824. The predicted molar refractivity (Wildman–Crippen MR) is 80.4 cm³/mol. The second kappa shape index (κ2) is 8.00. The first kappa shape index (κ1) is 15.8. The third-order valence-electron chi connectivity index (χ3n) is 3.58. The summed E-state index contributed by atoms with van der Waals surface area (Å²) in [5.74, 6) is 1.39. The topological polar surface area (TPSA) is 48.0 Å². The van der Waals surface area contributed by atoms with Crippen LogP contribution >= 0.6 is 0 Å². The van der Waals surface area contributed by atoms with E-state index in [1.807, 2.05) is 6.92 Å².